The average Bonchev–Trinajstić information content (AvgIpc) is 2.79. The summed E-state index contributed by atoms with van der Waals surface area (Å²) in [5, 5.41) is 9.18. The quantitative estimate of drug-likeness (QED) is 0.629. The van der Waals surface area contributed by atoms with Crippen LogP contribution >= 0.6 is 0 Å². The highest BCUT2D eigenvalue weighted by Crippen LogP contribution is 1.99. The van der Waals surface area contributed by atoms with Gasteiger partial charge in [-0.05, 0) is 12.8 Å². The standard InChI is InChI=1S/C12H22N6O2/c1-7(2)11(13)12(20)14-5-10(19)18(4)6-9-15-8(3)16-17-9/h7,11H,5-6,13H2,1-4H3,(H,14,20)(H,15,16,17)/t11-/m0/s1. The fraction of sp³-hybridized carbons (Fsp3) is 0.667. The molecule has 8 nitrogen and oxygen atoms in total. The highest BCUT2D eigenvalue weighted by molar-refractivity contribution is 5.87. The first-order valence-corrected chi connectivity index (χ1v) is 6.46. The van der Waals surface area contributed by atoms with Gasteiger partial charge in [-0.3, -0.25) is 14.7 Å². The molecule has 0 aliphatic carbocycles. The summed E-state index contributed by atoms with van der Waals surface area (Å²) in [4.78, 5) is 29.1. The van der Waals surface area contributed by atoms with Crippen LogP contribution in [0.2, 0.25) is 0 Å². The van der Waals surface area contributed by atoms with Gasteiger partial charge in [-0.1, -0.05) is 13.8 Å². The summed E-state index contributed by atoms with van der Waals surface area (Å²) in [7, 11) is 1.63. The molecular formula is C12H22N6O2. The number of rotatable bonds is 6. The lowest BCUT2D eigenvalue weighted by Crippen LogP contribution is -2.47. The van der Waals surface area contributed by atoms with Crippen LogP contribution in [-0.2, 0) is 16.1 Å². The number of nitrogens with two attached hydrogens (primary N) is 1. The van der Waals surface area contributed by atoms with Crippen molar-refractivity contribution in [1.82, 2.24) is 25.4 Å². The monoisotopic (exact) mass is 282 g/mol. The molecule has 1 heterocycles. The number of H-pyrrole nitrogens is 1. The zero-order chi connectivity index (χ0) is 15.3. The number of likely N-dealkylation sites (N-methyl/N-ethyl adjacent to an activating group) is 1. The predicted octanol–water partition coefficient (Wildman–Crippen LogP) is -0.829. The van der Waals surface area contributed by atoms with Crippen molar-refractivity contribution in [1.29, 1.82) is 0 Å². The number of amides is 2. The molecule has 0 aliphatic heterocycles. The van der Waals surface area contributed by atoms with Crippen molar-refractivity contribution in [3.8, 4) is 0 Å². The second kappa shape index (κ2) is 6.99. The van der Waals surface area contributed by atoms with Crippen LogP contribution < -0.4 is 11.1 Å². The Morgan fingerprint density at radius 1 is 1.45 bits per heavy atom. The molecule has 0 saturated heterocycles. The molecule has 0 spiro atoms. The smallest absolute Gasteiger partial charge is 0.242 e. The fourth-order valence-corrected chi connectivity index (χ4v) is 1.48. The predicted molar refractivity (Wildman–Crippen MR) is 73.4 cm³/mol. The molecule has 1 aromatic rings. The third kappa shape index (κ3) is 4.61. The van der Waals surface area contributed by atoms with Gasteiger partial charge in [-0.25, -0.2) is 4.98 Å². The number of hydrogen-bond acceptors (Lipinski definition) is 5. The SMILES string of the molecule is Cc1nc(CN(C)C(=O)CNC(=O)[C@@H](N)C(C)C)n[nH]1. The summed E-state index contributed by atoms with van der Waals surface area (Å²) >= 11 is 0. The Bertz CT molecular complexity index is 470. The summed E-state index contributed by atoms with van der Waals surface area (Å²) in [5.74, 6) is 0.701. The van der Waals surface area contributed by atoms with Crippen LogP contribution in [0.3, 0.4) is 0 Å². The van der Waals surface area contributed by atoms with E-state index >= 15 is 0 Å². The zero-order valence-electron chi connectivity index (χ0n) is 12.3. The topological polar surface area (TPSA) is 117 Å². The Morgan fingerprint density at radius 3 is 2.60 bits per heavy atom. The van der Waals surface area contributed by atoms with Crippen molar-refractivity contribution in [3.05, 3.63) is 11.6 Å². The molecule has 4 N–H and O–H groups in total. The molecule has 0 saturated carbocycles. The van der Waals surface area contributed by atoms with Crippen LogP contribution in [0.4, 0.5) is 0 Å². The number of aryl methyl sites for hydroxylation is 1. The Labute approximate surface area is 118 Å². The number of carbonyl (C=O) groups excluding carboxylic acids is 2. The number of nitrogens with zero attached hydrogens (tertiary/aromatic N) is 3. The first-order valence-electron chi connectivity index (χ1n) is 6.46. The molecule has 0 aromatic carbocycles. The lowest BCUT2D eigenvalue weighted by molar-refractivity contribution is -0.132. The zero-order valence-corrected chi connectivity index (χ0v) is 12.3. The number of nitrogens with one attached hydrogen (secondary N) is 2. The van der Waals surface area contributed by atoms with Gasteiger partial charge in [-0.15, -0.1) is 0 Å². The largest absolute Gasteiger partial charge is 0.346 e. The molecule has 1 aromatic heterocycles. The van der Waals surface area contributed by atoms with Crippen LogP contribution in [0.25, 0.3) is 0 Å². The maximum Gasteiger partial charge on any atom is 0.242 e. The molecule has 8 heteroatoms. The first kappa shape index (κ1) is 16.1. The summed E-state index contributed by atoms with van der Waals surface area (Å²) in [6, 6.07) is -0.608. The van der Waals surface area contributed by atoms with E-state index in [9.17, 15) is 9.59 Å². The number of hydrogen-bond donors (Lipinski definition) is 3. The van der Waals surface area contributed by atoms with Gasteiger partial charge >= 0.3 is 0 Å². The number of carbonyl (C=O) groups is 2. The van der Waals surface area contributed by atoms with Gasteiger partial charge in [0, 0.05) is 7.05 Å². The summed E-state index contributed by atoms with van der Waals surface area (Å²) in [6.45, 7) is 5.69. The van der Waals surface area contributed by atoms with Crippen molar-refractivity contribution < 1.29 is 9.59 Å². The minimum Gasteiger partial charge on any atom is -0.346 e. The van der Waals surface area contributed by atoms with E-state index in [2.05, 4.69) is 20.5 Å². The molecule has 20 heavy (non-hydrogen) atoms. The van der Waals surface area contributed by atoms with Crippen LogP contribution in [0, 0.1) is 12.8 Å². The van der Waals surface area contributed by atoms with Gasteiger partial charge in [0.25, 0.3) is 0 Å². The second-order valence-electron chi connectivity index (χ2n) is 5.07. The number of aromatic nitrogens is 3. The third-order valence-corrected chi connectivity index (χ3v) is 2.88. The van der Waals surface area contributed by atoms with Gasteiger partial charge < -0.3 is 16.0 Å². The van der Waals surface area contributed by atoms with E-state index in [1.807, 2.05) is 13.8 Å². The van der Waals surface area contributed by atoms with E-state index in [0.717, 1.165) is 0 Å². The van der Waals surface area contributed by atoms with Crippen LogP contribution in [0.1, 0.15) is 25.5 Å². The second-order valence-corrected chi connectivity index (χ2v) is 5.07. The summed E-state index contributed by atoms with van der Waals surface area (Å²) in [5.41, 5.74) is 5.69. The van der Waals surface area contributed by atoms with E-state index in [1.165, 1.54) is 4.90 Å². The van der Waals surface area contributed by atoms with E-state index in [-0.39, 0.29) is 30.8 Å². The van der Waals surface area contributed by atoms with Crippen molar-refractivity contribution >= 4 is 11.8 Å². The van der Waals surface area contributed by atoms with Gasteiger partial charge in [-0.2, -0.15) is 5.10 Å². The molecule has 0 fully saturated rings. The van der Waals surface area contributed by atoms with Gasteiger partial charge in [0.05, 0.1) is 19.1 Å². The van der Waals surface area contributed by atoms with E-state index in [4.69, 9.17) is 5.73 Å². The summed E-state index contributed by atoms with van der Waals surface area (Å²) in [6.07, 6.45) is 0. The molecule has 1 atom stereocenters. The van der Waals surface area contributed by atoms with Crippen LogP contribution in [-0.4, -0.2) is 51.5 Å². The molecule has 2 amide bonds. The minimum absolute atomic E-state index is 0.0269. The van der Waals surface area contributed by atoms with E-state index < -0.39 is 6.04 Å². The minimum atomic E-state index is -0.608. The normalized spacial score (nSPS) is 12.3. The van der Waals surface area contributed by atoms with Crippen LogP contribution in [0.5, 0.6) is 0 Å². The van der Waals surface area contributed by atoms with Gasteiger partial charge in [0.2, 0.25) is 11.8 Å². The molecule has 0 bridgehead atoms. The third-order valence-electron chi connectivity index (χ3n) is 2.88. The van der Waals surface area contributed by atoms with E-state index in [0.29, 0.717) is 11.6 Å². The molecule has 0 unspecified atom stereocenters. The van der Waals surface area contributed by atoms with Crippen molar-refractivity contribution in [2.75, 3.05) is 13.6 Å². The van der Waals surface area contributed by atoms with Crippen molar-refractivity contribution in [3.63, 3.8) is 0 Å². The highest BCUT2D eigenvalue weighted by atomic mass is 16.2. The van der Waals surface area contributed by atoms with Crippen molar-refractivity contribution in [2.45, 2.75) is 33.4 Å². The maximum atomic E-state index is 11.9. The Kier molecular flexibility index (Phi) is 5.63. The molecular weight excluding hydrogens is 260 g/mol. The van der Waals surface area contributed by atoms with Gasteiger partial charge in [0.1, 0.15) is 5.82 Å². The lowest BCUT2D eigenvalue weighted by Gasteiger charge is -2.18. The highest BCUT2D eigenvalue weighted by Gasteiger charge is 2.19. The summed E-state index contributed by atoms with van der Waals surface area (Å²) < 4.78 is 0. The lowest BCUT2D eigenvalue weighted by atomic mass is 10.1. The Morgan fingerprint density at radius 2 is 2.10 bits per heavy atom. The maximum absolute atomic E-state index is 11.9. The number of aromatic amines is 1. The first-order chi connectivity index (χ1) is 9.31. The Hall–Kier alpha value is -1.96. The van der Waals surface area contributed by atoms with Crippen LogP contribution in [0.15, 0.2) is 0 Å². The molecule has 0 aliphatic rings. The molecule has 0 radical (unpaired) electrons. The molecule has 112 valence electrons. The van der Waals surface area contributed by atoms with E-state index in [1.54, 1.807) is 14.0 Å². The fourth-order valence-electron chi connectivity index (χ4n) is 1.48. The average molecular weight is 282 g/mol. The van der Waals surface area contributed by atoms with Crippen molar-refractivity contribution in [2.24, 2.45) is 11.7 Å². The molecule has 1 rings (SSSR count). The Balaban J connectivity index is 2.40. The van der Waals surface area contributed by atoms with Gasteiger partial charge in [0.15, 0.2) is 5.82 Å².